The molecule has 0 saturated carbocycles. The number of carbonyl (C=O) groups is 2. The van der Waals surface area contributed by atoms with Crippen LogP contribution in [0.15, 0.2) is 11.1 Å². The summed E-state index contributed by atoms with van der Waals surface area (Å²) in [5, 5.41) is 18.5. The molecule has 0 aromatic heterocycles. The van der Waals surface area contributed by atoms with Crippen LogP contribution in [0.5, 0.6) is 0 Å². The van der Waals surface area contributed by atoms with Gasteiger partial charge in [-0.3, -0.25) is 0 Å². The molecule has 4 heteroatoms. The molecule has 2 N–H and O–H groups in total. The van der Waals surface area contributed by atoms with E-state index in [1.165, 1.54) is 0 Å². The molecule has 0 amide bonds. The SMILES string of the molecule is CCCCCCC(C(=O)O)=C(CCCCCC)C(=O)O. The van der Waals surface area contributed by atoms with E-state index in [4.69, 9.17) is 0 Å². The lowest BCUT2D eigenvalue weighted by Gasteiger charge is -2.09. The zero-order chi connectivity index (χ0) is 15.4. The second-order valence-electron chi connectivity index (χ2n) is 5.19. The number of aliphatic carboxylic acids is 2. The van der Waals surface area contributed by atoms with E-state index in [0.717, 1.165) is 51.4 Å². The summed E-state index contributed by atoms with van der Waals surface area (Å²) < 4.78 is 0. The Kier molecular flexibility index (Phi) is 10.7. The average Bonchev–Trinajstić information content (AvgIpc) is 2.39. The highest BCUT2D eigenvalue weighted by atomic mass is 16.4. The summed E-state index contributed by atoms with van der Waals surface area (Å²) >= 11 is 0. The quantitative estimate of drug-likeness (QED) is 0.411. The summed E-state index contributed by atoms with van der Waals surface area (Å²) in [5.74, 6) is -2.15. The van der Waals surface area contributed by atoms with Crippen LogP contribution in [0.4, 0.5) is 0 Å². The van der Waals surface area contributed by atoms with Gasteiger partial charge in [0.25, 0.3) is 0 Å². The number of hydrogen-bond acceptors (Lipinski definition) is 2. The second-order valence-corrected chi connectivity index (χ2v) is 5.19. The van der Waals surface area contributed by atoms with Crippen LogP contribution >= 0.6 is 0 Å². The fraction of sp³-hybridized carbons (Fsp3) is 0.750. The Bertz CT molecular complexity index is 299. The van der Waals surface area contributed by atoms with Gasteiger partial charge in [0.15, 0.2) is 0 Å². The molecule has 0 aromatic rings. The van der Waals surface area contributed by atoms with Crippen LogP contribution in [-0.4, -0.2) is 22.2 Å². The molecule has 116 valence electrons. The number of carboxylic acids is 2. The first-order valence-corrected chi connectivity index (χ1v) is 7.73. The van der Waals surface area contributed by atoms with E-state index in [-0.39, 0.29) is 11.1 Å². The van der Waals surface area contributed by atoms with Crippen molar-refractivity contribution >= 4 is 11.9 Å². The van der Waals surface area contributed by atoms with Gasteiger partial charge in [0.1, 0.15) is 0 Å². The molecule has 0 radical (unpaired) electrons. The molecular formula is C16H28O4. The molecule has 0 heterocycles. The zero-order valence-electron chi connectivity index (χ0n) is 12.8. The summed E-state index contributed by atoms with van der Waals surface area (Å²) in [6.07, 6.45) is 8.42. The first kappa shape index (κ1) is 18.7. The Labute approximate surface area is 121 Å². The van der Waals surface area contributed by atoms with Crippen molar-refractivity contribution in [3.8, 4) is 0 Å². The highest BCUT2D eigenvalue weighted by Crippen LogP contribution is 2.20. The van der Waals surface area contributed by atoms with E-state index >= 15 is 0 Å². The number of carboxylic acid groups (broad SMARTS) is 2. The second kappa shape index (κ2) is 11.5. The Hall–Kier alpha value is -1.32. The molecule has 0 fully saturated rings. The molecule has 20 heavy (non-hydrogen) atoms. The van der Waals surface area contributed by atoms with Crippen LogP contribution in [0.1, 0.15) is 78.1 Å². The van der Waals surface area contributed by atoms with E-state index < -0.39 is 11.9 Å². The maximum Gasteiger partial charge on any atom is 0.332 e. The lowest BCUT2D eigenvalue weighted by Crippen LogP contribution is -2.12. The van der Waals surface area contributed by atoms with Crippen LogP contribution in [0, 0.1) is 0 Å². The highest BCUT2D eigenvalue weighted by Gasteiger charge is 2.19. The number of hydrogen-bond donors (Lipinski definition) is 2. The third-order valence-corrected chi connectivity index (χ3v) is 3.44. The normalized spacial score (nSPS) is 12.1. The van der Waals surface area contributed by atoms with Gasteiger partial charge >= 0.3 is 11.9 Å². The molecule has 0 saturated heterocycles. The van der Waals surface area contributed by atoms with E-state index in [1.807, 2.05) is 0 Å². The van der Waals surface area contributed by atoms with Crippen LogP contribution in [0.25, 0.3) is 0 Å². The van der Waals surface area contributed by atoms with E-state index in [1.54, 1.807) is 0 Å². The molecule has 0 aromatic carbocycles. The van der Waals surface area contributed by atoms with Gasteiger partial charge in [0.05, 0.1) is 0 Å². The van der Waals surface area contributed by atoms with Crippen molar-refractivity contribution in [3.63, 3.8) is 0 Å². The van der Waals surface area contributed by atoms with Crippen molar-refractivity contribution < 1.29 is 19.8 Å². The van der Waals surface area contributed by atoms with Gasteiger partial charge in [-0.15, -0.1) is 0 Å². The maximum atomic E-state index is 11.3. The van der Waals surface area contributed by atoms with Gasteiger partial charge in [-0.25, -0.2) is 9.59 Å². The van der Waals surface area contributed by atoms with Gasteiger partial charge in [-0.05, 0) is 25.7 Å². The molecule has 0 aliphatic heterocycles. The third kappa shape index (κ3) is 7.97. The van der Waals surface area contributed by atoms with Crippen LogP contribution in [0.3, 0.4) is 0 Å². The Morgan fingerprint density at radius 3 is 1.25 bits per heavy atom. The molecule has 4 nitrogen and oxygen atoms in total. The zero-order valence-corrected chi connectivity index (χ0v) is 12.8. The van der Waals surface area contributed by atoms with Gasteiger partial charge < -0.3 is 10.2 Å². The minimum atomic E-state index is -1.07. The third-order valence-electron chi connectivity index (χ3n) is 3.44. The van der Waals surface area contributed by atoms with E-state index in [0.29, 0.717) is 12.8 Å². The molecule has 0 aliphatic carbocycles. The van der Waals surface area contributed by atoms with Crippen molar-refractivity contribution in [2.75, 3.05) is 0 Å². The van der Waals surface area contributed by atoms with Crippen molar-refractivity contribution in [1.29, 1.82) is 0 Å². The lowest BCUT2D eigenvalue weighted by atomic mass is 9.97. The monoisotopic (exact) mass is 284 g/mol. The molecule has 0 bridgehead atoms. The molecule has 0 spiro atoms. The van der Waals surface area contributed by atoms with Crippen LogP contribution in [0.2, 0.25) is 0 Å². The topological polar surface area (TPSA) is 74.6 Å². The molecule has 0 aliphatic rings. The summed E-state index contributed by atoms with van der Waals surface area (Å²) in [6, 6.07) is 0. The standard InChI is InChI=1S/C16H28O4/c1-3-5-7-9-11-13(15(17)18)14(16(19)20)12-10-8-6-4-2/h3-12H2,1-2H3,(H,17,18)(H,19,20). The predicted octanol–water partition coefficient (Wildman–Crippen LogP) is 4.39. The number of unbranched alkanes of at least 4 members (excludes halogenated alkanes) is 6. The number of rotatable bonds is 12. The molecule has 0 unspecified atom stereocenters. The fourth-order valence-electron chi connectivity index (χ4n) is 2.23. The average molecular weight is 284 g/mol. The predicted molar refractivity (Wildman–Crippen MR) is 79.8 cm³/mol. The fourth-order valence-corrected chi connectivity index (χ4v) is 2.23. The van der Waals surface area contributed by atoms with Gasteiger partial charge in [-0.2, -0.15) is 0 Å². The van der Waals surface area contributed by atoms with Gasteiger partial charge in [0, 0.05) is 11.1 Å². The summed E-state index contributed by atoms with van der Waals surface area (Å²) in [6.45, 7) is 4.18. The van der Waals surface area contributed by atoms with Gasteiger partial charge in [0.2, 0.25) is 0 Å². The largest absolute Gasteiger partial charge is 0.478 e. The lowest BCUT2D eigenvalue weighted by molar-refractivity contribution is -0.136. The van der Waals surface area contributed by atoms with Gasteiger partial charge in [-0.1, -0.05) is 52.4 Å². The van der Waals surface area contributed by atoms with Crippen LogP contribution < -0.4 is 0 Å². The Morgan fingerprint density at radius 1 is 0.650 bits per heavy atom. The van der Waals surface area contributed by atoms with E-state index in [9.17, 15) is 19.8 Å². The van der Waals surface area contributed by atoms with Crippen molar-refractivity contribution in [1.82, 2.24) is 0 Å². The van der Waals surface area contributed by atoms with E-state index in [2.05, 4.69) is 13.8 Å². The maximum absolute atomic E-state index is 11.3. The first-order valence-electron chi connectivity index (χ1n) is 7.73. The summed E-state index contributed by atoms with van der Waals surface area (Å²) in [4.78, 5) is 22.6. The van der Waals surface area contributed by atoms with Crippen LogP contribution in [-0.2, 0) is 9.59 Å². The Morgan fingerprint density at radius 2 is 1.00 bits per heavy atom. The molecule has 0 atom stereocenters. The Balaban J connectivity index is 4.67. The van der Waals surface area contributed by atoms with Crippen molar-refractivity contribution in [2.45, 2.75) is 78.1 Å². The minimum absolute atomic E-state index is 0.102. The first-order chi connectivity index (χ1) is 9.54. The van der Waals surface area contributed by atoms with Crippen molar-refractivity contribution in [3.05, 3.63) is 11.1 Å². The molecular weight excluding hydrogens is 256 g/mol. The summed E-state index contributed by atoms with van der Waals surface area (Å²) in [7, 11) is 0. The smallest absolute Gasteiger partial charge is 0.332 e. The minimum Gasteiger partial charge on any atom is -0.478 e. The highest BCUT2D eigenvalue weighted by molar-refractivity contribution is 5.98. The van der Waals surface area contributed by atoms with Crippen molar-refractivity contribution in [2.24, 2.45) is 0 Å². The molecule has 0 rings (SSSR count). The summed E-state index contributed by atoms with van der Waals surface area (Å²) in [5.41, 5.74) is 0.204.